The molecule has 0 aliphatic carbocycles. The third-order valence-electron chi connectivity index (χ3n) is 1.97. The van der Waals surface area contributed by atoms with E-state index in [1.807, 2.05) is 0 Å². The van der Waals surface area contributed by atoms with Crippen LogP contribution < -0.4 is 4.90 Å². The first kappa shape index (κ1) is 11.5. The number of rotatable bonds is 2. The van der Waals surface area contributed by atoms with Gasteiger partial charge in [0, 0.05) is 26.1 Å². The number of anilines is 1. The van der Waals surface area contributed by atoms with E-state index in [2.05, 4.69) is 0 Å². The predicted octanol–water partition coefficient (Wildman–Crippen LogP) is 2.23. The predicted molar refractivity (Wildman–Crippen MR) is 57.2 cm³/mol. The van der Waals surface area contributed by atoms with Crippen molar-refractivity contribution in [2.45, 2.75) is 6.92 Å². The Balaban J connectivity index is 3.22. The van der Waals surface area contributed by atoms with Gasteiger partial charge in [0.15, 0.2) is 0 Å². The summed E-state index contributed by atoms with van der Waals surface area (Å²) in [5, 5.41) is 10.8. The Labute approximate surface area is 91.4 Å². The monoisotopic (exact) mass is 228 g/mol. The zero-order valence-electron chi connectivity index (χ0n) is 8.23. The Kier molecular flexibility index (Phi) is 3.26. The van der Waals surface area contributed by atoms with Gasteiger partial charge in [-0.1, -0.05) is 11.6 Å². The largest absolute Gasteiger partial charge is 0.314 e. The third kappa shape index (κ3) is 2.44. The van der Waals surface area contributed by atoms with E-state index in [9.17, 15) is 14.9 Å². The van der Waals surface area contributed by atoms with Gasteiger partial charge in [-0.05, 0) is 6.07 Å². The Morgan fingerprint density at radius 2 is 2.13 bits per heavy atom. The van der Waals surface area contributed by atoms with Crippen molar-refractivity contribution in [3.05, 3.63) is 33.3 Å². The Hall–Kier alpha value is -1.62. The highest BCUT2D eigenvalue weighted by Crippen LogP contribution is 2.29. The summed E-state index contributed by atoms with van der Waals surface area (Å²) in [5.41, 5.74) is 0.237. The fourth-order valence-corrected chi connectivity index (χ4v) is 1.29. The first-order valence-corrected chi connectivity index (χ1v) is 4.49. The maximum absolute atomic E-state index is 11.1. The topological polar surface area (TPSA) is 63.5 Å². The van der Waals surface area contributed by atoms with E-state index in [4.69, 9.17) is 11.6 Å². The van der Waals surface area contributed by atoms with E-state index in [-0.39, 0.29) is 11.6 Å². The zero-order valence-corrected chi connectivity index (χ0v) is 8.99. The standard InChI is InChI=1S/C9H9ClN2O3/c1-6(13)11(2)9-5-7(12(14)15)3-4-8(9)10/h3-5H,1-2H3. The second kappa shape index (κ2) is 4.27. The van der Waals surface area contributed by atoms with Crippen LogP contribution in [0.5, 0.6) is 0 Å². The van der Waals surface area contributed by atoms with E-state index in [0.29, 0.717) is 10.7 Å². The van der Waals surface area contributed by atoms with Crippen LogP contribution in [0.15, 0.2) is 18.2 Å². The summed E-state index contributed by atoms with van der Waals surface area (Å²) in [6.45, 7) is 1.36. The van der Waals surface area contributed by atoms with Gasteiger partial charge >= 0.3 is 0 Å². The number of carbonyl (C=O) groups is 1. The molecule has 5 nitrogen and oxygen atoms in total. The molecule has 0 saturated carbocycles. The van der Waals surface area contributed by atoms with Crippen LogP contribution in [-0.4, -0.2) is 17.9 Å². The van der Waals surface area contributed by atoms with Crippen molar-refractivity contribution in [1.29, 1.82) is 0 Å². The van der Waals surface area contributed by atoms with Crippen LogP contribution >= 0.6 is 11.6 Å². The van der Waals surface area contributed by atoms with Crippen molar-refractivity contribution in [2.75, 3.05) is 11.9 Å². The number of amides is 1. The van der Waals surface area contributed by atoms with Gasteiger partial charge in [-0.15, -0.1) is 0 Å². The van der Waals surface area contributed by atoms with Crippen LogP contribution in [0.25, 0.3) is 0 Å². The molecule has 1 aromatic rings. The quantitative estimate of drug-likeness (QED) is 0.576. The SMILES string of the molecule is CC(=O)N(C)c1cc([N+](=O)[O-])ccc1Cl. The number of non-ortho nitro benzene ring substituents is 1. The van der Waals surface area contributed by atoms with Gasteiger partial charge < -0.3 is 4.90 Å². The van der Waals surface area contributed by atoms with E-state index in [1.165, 1.54) is 37.1 Å². The minimum Gasteiger partial charge on any atom is -0.314 e. The molecule has 1 amide bonds. The molecule has 15 heavy (non-hydrogen) atoms. The summed E-state index contributed by atoms with van der Waals surface area (Å²) >= 11 is 5.82. The molecular weight excluding hydrogens is 220 g/mol. The molecule has 0 aliphatic rings. The van der Waals surface area contributed by atoms with Crippen molar-refractivity contribution < 1.29 is 9.72 Å². The number of nitrogens with zero attached hydrogens (tertiary/aromatic N) is 2. The summed E-state index contributed by atoms with van der Waals surface area (Å²) in [5.74, 6) is -0.239. The fraction of sp³-hybridized carbons (Fsp3) is 0.222. The number of nitro benzene ring substituents is 1. The molecule has 0 unspecified atom stereocenters. The lowest BCUT2D eigenvalue weighted by atomic mass is 10.2. The highest BCUT2D eigenvalue weighted by Gasteiger charge is 2.14. The summed E-state index contributed by atoms with van der Waals surface area (Å²) in [4.78, 5) is 22.3. The molecule has 0 bridgehead atoms. The van der Waals surface area contributed by atoms with E-state index >= 15 is 0 Å². The molecule has 0 radical (unpaired) electrons. The molecule has 1 aromatic carbocycles. The highest BCUT2D eigenvalue weighted by atomic mass is 35.5. The van der Waals surface area contributed by atoms with Gasteiger partial charge in [0.2, 0.25) is 5.91 Å². The van der Waals surface area contributed by atoms with Crippen molar-refractivity contribution in [3.63, 3.8) is 0 Å². The first-order valence-electron chi connectivity index (χ1n) is 4.11. The van der Waals surface area contributed by atoms with Gasteiger partial charge in [0.05, 0.1) is 15.6 Å². The smallest absolute Gasteiger partial charge is 0.271 e. The van der Waals surface area contributed by atoms with Crippen LogP contribution in [0, 0.1) is 10.1 Å². The van der Waals surface area contributed by atoms with Crippen molar-refractivity contribution >= 4 is 28.9 Å². The van der Waals surface area contributed by atoms with Crippen LogP contribution in [0.3, 0.4) is 0 Å². The maximum Gasteiger partial charge on any atom is 0.271 e. The number of benzene rings is 1. The van der Waals surface area contributed by atoms with E-state index < -0.39 is 4.92 Å². The molecule has 0 aliphatic heterocycles. The summed E-state index contributed by atoms with van der Waals surface area (Å²) in [6.07, 6.45) is 0. The molecule has 6 heteroatoms. The van der Waals surface area contributed by atoms with E-state index in [0.717, 1.165) is 0 Å². The number of carbonyl (C=O) groups excluding carboxylic acids is 1. The lowest BCUT2D eigenvalue weighted by Crippen LogP contribution is -2.23. The van der Waals surface area contributed by atoms with E-state index in [1.54, 1.807) is 0 Å². The Morgan fingerprint density at radius 3 is 2.60 bits per heavy atom. The molecule has 0 fully saturated rings. The first-order chi connectivity index (χ1) is 6.93. The zero-order chi connectivity index (χ0) is 11.6. The Bertz CT molecular complexity index is 420. The number of hydrogen-bond donors (Lipinski definition) is 0. The Morgan fingerprint density at radius 1 is 1.53 bits per heavy atom. The molecule has 0 spiro atoms. The molecular formula is C9H9ClN2O3. The van der Waals surface area contributed by atoms with Crippen molar-refractivity contribution in [2.24, 2.45) is 0 Å². The molecule has 1 rings (SSSR count). The van der Waals surface area contributed by atoms with Crippen LogP contribution in [0.4, 0.5) is 11.4 Å². The van der Waals surface area contributed by atoms with Crippen LogP contribution in [0.1, 0.15) is 6.92 Å². The summed E-state index contributed by atoms with van der Waals surface area (Å²) < 4.78 is 0. The lowest BCUT2D eigenvalue weighted by Gasteiger charge is -2.15. The van der Waals surface area contributed by atoms with Gasteiger partial charge in [0.1, 0.15) is 0 Å². The van der Waals surface area contributed by atoms with Gasteiger partial charge in [-0.2, -0.15) is 0 Å². The van der Waals surface area contributed by atoms with Crippen molar-refractivity contribution in [1.82, 2.24) is 0 Å². The number of halogens is 1. The lowest BCUT2D eigenvalue weighted by molar-refractivity contribution is -0.384. The van der Waals surface area contributed by atoms with Crippen molar-refractivity contribution in [3.8, 4) is 0 Å². The maximum atomic E-state index is 11.1. The average Bonchev–Trinajstić information content (AvgIpc) is 2.16. The minimum absolute atomic E-state index is 0.0949. The molecule has 80 valence electrons. The highest BCUT2D eigenvalue weighted by molar-refractivity contribution is 6.33. The minimum atomic E-state index is -0.534. The molecule has 0 saturated heterocycles. The molecule has 0 aromatic heterocycles. The number of nitro groups is 1. The van der Waals surface area contributed by atoms with Gasteiger partial charge in [0.25, 0.3) is 5.69 Å². The normalized spacial score (nSPS) is 9.80. The summed E-state index contributed by atoms with van der Waals surface area (Å²) in [6, 6.07) is 3.96. The van der Waals surface area contributed by atoms with Gasteiger partial charge in [-0.25, -0.2) is 0 Å². The van der Waals surface area contributed by atoms with Crippen LogP contribution in [0.2, 0.25) is 5.02 Å². The third-order valence-corrected chi connectivity index (χ3v) is 2.29. The van der Waals surface area contributed by atoms with Crippen LogP contribution in [-0.2, 0) is 4.79 Å². The molecule has 0 heterocycles. The van der Waals surface area contributed by atoms with Gasteiger partial charge in [-0.3, -0.25) is 14.9 Å². The number of hydrogen-bond acceptors (Lipinski definition) is 3. The fourth-order valence-electron chi connectivity index (χ4n) is 1.04. The summed E-state index contributed by atoms with van der Waals surface area (Å²) in [7, 11) is 1.51. The molecule has 0 N–H and O–H groups in total. The second-order valence-corrected chi connectivity index (χ2v) is 3.38. The second-order valence-electron chi connectivity index (χ2n) is 2.97. The average molecular weight is 229 g/mol. The molecule has 0 atom stereocenters.